The topological polar surface area (TPSA) is 78.9 Å². The fourth-order valence-electron chi connectivity index (χ4n) is 8.79. The zero-order chi connectivity index (χ0) is 50.7. The number of rotatable bonds is 55. The SMILES string of the molecule is CC/C=C\C/C=C\C/C=C\CCCCCCCCCCCC(=O)OCC(COC(=O)CCCCCCCCC/C=C\C/C=C\CC)OC(=O)CCCCCCCCCCCCCCCCCCCCC. The first-order valence-electron chi connectivity index (χ1n) is 30.3. The monoisotopic (exact) mass is 979 g/mol. The Morgan fingerprint density at radius 3 is 0.871 bits per heavy atom. The number of carbonyl (C=O) groups excluding carboxylic acids is 3. The molecule has 0 rings (SSSR count). The first-order chi connectivity index (χ1) is 34.5. The van der Waals surface area contributed by atoms with Gasteiger partial charge in [-0.2, -0.15) is 0 Å². The van der Waals surface area contributed by atoms with Gasteiger partial charge in [0.2, 0.25) is 0 Å². The van der Waals surface area contributed by atoms with Gasteiger partial charge in [0, 0.05) is 19.3 Å². The van der Waals surface area contributed by atoms with E-state index in [9.17, 15) is 14.4 Å². The molecule has 406 valence electrons. The third-order valence-corrected chi connectivity index (χ3v) is 13.3. The molecule has 0 fully saturated rings. The van der Waals surface area contributed by atoms with Crippen molar-refractivity contribution in [2.75, 3.05) is 13.2 Å². The molecule has 0 saturated carbocycles. The molecule has 0 aliphatic rings. The van der Waals surface area contributed by atoms with Gasteiger partial charge in [-0.1, -0.05) is 274 Å². The Bertz CT molecular complexity index is 1260. The van der Waals surface area contributed by atoms with E-state index in [0.29, 0.717) is 19.3 Å². The molecule has 0 heterocycles. The summed E-state index contributed by atoms with van der Waals surface area (Å²) in [7, 11) is 0. The summed E-state index contributed by atoms with van der Waals surface area (Å²) in [4.78, 5) is 38.2. The zero-order valence-electron chi connectivity index (χ0n) is 46.5. The van der Waals surface area contributed by atoms with Crippen LogP contribution >= 0.6 is 0 Å². The smallest absolute Gasteiger partial charge is 0.306 e. The minimum absolute atomic E-state index is 0.0769. The lowest BCUT2D eigenvalue weighted by molar-refractivity contribution is -0.167. The zero-order valence-corrected chi connectivity index (χ0v) is 46.5. The van der Waals surface area contributed by atoms with Crippen LogP contribution in [0, 0.1) is 0 Å². The van der Waals surface area contributed by atoms with E-state index in [1.54, 1.807) is 0 Å². The average Bonchev–Trinajstić information content (AvgIpc) is 3.36. The number of unbranched alkanes of at least 4 members (excludes halogenated alkanes) is 34. The standard InChI is InChI=1S/C64H114O6/c1-4-7-10-13-16-19-22-25-28-30-32-34-36-39-42-45-48-51-54-57-63(66)69-60-61(59-68-62(65)56-53-50-47-44-41-38-27-24-21-18-15-12-9-6-3)70-64(67)58-55-52-49-46-43-40-37-35-33-31-29-26-23-20-17-14-11-8-5-2/h7,9-10,12,16,18-19,21,25,28,61H,4-6,8,11,13-15,17,20,22-24,26-27,29-60H2,1-3H3/b10-7-,12-9-,19-16-,21-18-,28-25-. The van der Waals surface area contributed by atoms with Crippen molar-refractivity contribution in [3.63, 3.8) is 0 Å². The normalized spacial score (nSPS) is 12.4. The number of allylic oxidation sites excluding steroid dienone is 10. The van der Waals surface area contributed by atoms with Crippen LogP contribution < -0.4 is 0 Å². The van der Waals surface area contributed by atoms with E-state index in [4.69, 9.17) is 14.2 Å². The van der Waals surface area contributed by atoms with E-state index < -0.39 is 6.10 Å². The van der Waals surface area contributed by atoms with Crippen LogP contribution in [0.4, 0.5) is 0 Å². The van der Waals surface area contributed by atoms with E-state index in [-0.39, 0.29) is 31.1 Å². The summed E-state index contributed by atoms with van der Waals surface area (Å²) in [6.07, 6.45) is 73.6. The van der Waals surface area contributed by atoms with E-state index in [0.717, 1.165) is 96.3 Å². The van der Waals surface area contributed by atoms with Crippen LogP contribution in [0.2, 0.25) is 0 Å². The van der Waals surface area contributed by atoms with Crippen molar-refractivity contribution in [1.29, 1.82) is 0 Å². The van der Waals surface area contributed by atoms with Crippen LogP contribution in [0.3, 0.4) is 0 Å². The summed E-state index contributed by atoms with van der Waals surface area (Å²) < 4.78 is 16.9. The van der Waals surface area contributed by atoms with Gasteiger partial charge in [-0.3, -0.25) is 14.4 Å². The predicted molar refractivity (Wildman–Crippen MR) is 302 cm³/mol. The summed E-state index contributed by atoms with van der Waals surface area (Å²) in [6, 6.07) is 0. The molecule has 0 aromatic carbocycles. The summed E-state index contributed by atoms with van der Waals surface area (Å²) >= 11 is 0. The van der Waals surface area contributed by atoms with Crippen molar-refractivity contribution in [3.05, 3.63) is 60.8 Å². The number of esters is 3. The molecular weight excluding hydrogens is 865 g/mol. The molecule has 0 spiro atoms. The summed E-state index contributed by atoms with van der Waals surface area (Å²) in [5.74, 6) is -0.874. The van der Waals surface area contributed by atoms with Crippen LogP contribution in [0.5, 0.6) is 0 Å². The largest absolute Gasteiger partial charge is 0.462 e. The highest BCUT2D eigenvalue weighted by molar-refractivity contribution is 5.71. The third kappa shape index (κ3) is 56.0. The van der Waals surface area contributed by atoms with Crippen molar-refractivity contribution in [2.45, 2.75) is 316 Å². The lowest BCUT2D eigenvalue weighted by Gasteiger charge is -2.18. The van der Waals surface area contributed by atoms with Crippen molar-refractivity contribution in [2.24, 2.45) is 0 Å². The lowest BCUT2D eigenvalue weighted by Crippen LogP contribution is -2.30. The van der Waals surface area contributed by atoms with E-state index in [1.165, 1.54) is 173 Å². The molecular formula is C64H114O6. The Balaban J connectivity index is 4.34. The van der Waals surface area contributed by atoms with Gasteiger partial charge in [0.25, 0.3) is 0 Å². The molecule has 6 heteroatoms. The van der Waals surface area contributed by atoms with Gasteiger partial charge in [-0.25, -0.2) is 0 Å². The molecule has 1 unspecified atom stereocenters. The summed E-state index contributed by atoms with van der Waals surface area (Å²) in [5.41, 5.74) is 0. The Labute approximate surface area is 434 Å². The van der Waals surface area contributed by atoms with Gasteiger partial charge in [-0.15, -0.1) is 0 Å². The van der Waals surface area contributed by atoms with Crippen molar-refractivity contribution in [3.8, 4) is 0 Å². The molecule has 0 bridgehead atoms. The van der Waals surface area contributed by atoms with Crippen LogP contribution in [0.1, 0.15) is 310 Å². The Morgan fingerprint density at radius 2 is 0.557 bits per heavy atom. The van der Waals surface area contributed by atoms with Crippen LogP contribution in [-0.4, -0.2) is 37.2 Å². The molecule has 0 N–H and O–H groups in total. The lowest BCUT2D eigenvalue weighted by atomic mass is 10.0. The highest BCUT2D eigenvalue weighted by atomic mass is 16.6. The van der Waals surface area contributed by atoms with Gasteiger partial charge in [0.1, 0.15) is 13.2 Å². The van der Waals surface area contributed by atoms with Gasteiger partial charge in [-0.05, 0) is 77.0 Å². The maximum Gasteiger partial charge on any atom is 0.306 e. The van der Waals surface area contributed by atoms with Crippen LogP contribution in [0.25, 0.3) is 0 Å². The first kappa shape index (κ1) is 67.1. The van der Waals surface area contributed by atoms with Crippen molar-refractivity contribution >= 4 is 17.9 Å². The second-order valence-corrected chi connectivity index (χ2v) is 20.2. The number of hydrogen-bond acceptors (Lipinski definition) is 6. The molecule has 70 heavy (non-hydrogen) atoms. The third-order valence-electron chi connectivity index (χ3n) is 13.3. The molecule has 6 nitrogen and oxygen atoms in total. The molecule has 1 atom stereocenters. The number of hydrogen-bond donors (Lipinski definition) is 0. The first-order valence-corrected chi connectivity index (χ1v) is 30.3. The molecule has 0 saturated heterocycles. The maximum absolute atomic E-state index is 12.9. The minimum Gasteiger partial charge on any atom is -0.462 e. The Morgan fingerprint density at radius 1 is 0.300 bits per heavy atom. The fourth-order valence-corrected chi connectivity index (χ4v) is 8.79. The highest BCUT2D eigenvalue weighted by Crippen LogP contribution is 2.17. The van der Waals surface area contributed by atoms with E-state index in [2.05, 4.69) is 81.5 Å². The second kappa shape index (κ2) is 58.7. The summed E-state index contributed by atoms with van der Waals surface area (Å²) in [5, 5.41) is 0. The molecule has 0 amide bonds. The van der Waals surface area contributed by atoms with Gasteiger partial charge in [0.05, 0.1) is 0 Å². The van der Waals surface area contributed by atoms with Crippen LogP contribution in [-0.2, 0) is 28.6 Å². The van der Waals surface area contributed by atoms with E-state index >= 15 is 0 Å². The van der Waals surface area contributed by atoms with Crippen molar-refractivity contribution in [1.82, 2.24) is 0 Å². The van der Waals surface area contributed by atoms with Gasteiger partial charge >= 0.3 is 17.9 Å². The number of ether oxygens (including phenoxy) is 3. The quantitative estimate of drug-likeness (QED) is 0.0261. The fraction of sp³-hybridized carbons (Fsp3) is 0.797. The summed E-state index contributed by atoms with van der Waals surface area (Å²) in [6.45, 7) is 6.46. The number of carbonyl (C=O) groups is 3. The Kier molecular flexibility index (Phi) is 56.3. The maximum atomic E-state index is 12.9. The molecule has 0 aliphatic heterocycles. The molecule has 0 aromatic rings. The van der Waals surface area contributed by atoms with E-state index in [1.807, 2.05) is 0 Å². The van der Waals surface area contributed by atoms with Crippen molar-refractivity contribution < 1.29 is 28.6 Å². The van der Waals surface area contributed by atoms with Gasteiger partial charge in [0.15, 0.2) is 6.10 Å². The van der Waals surface area contributed by atoms with Gasteiger partial charge < -0.3 is 14.2 Å². The Hall–Kier alpha value is -2.89. The molecule has 0 aromatic heterocycles. The average molecular weight is 980 g/mol. The minimum atomic E-state index is -0.778. The molecule has 0 aliphatic carbocycles. The highest BCUT2D eigenvalue weighted by Gasteiger charge is 2.19. The molecule has 0 radical (unpaired) electrons. The predicted octanol–water partition coefficient (Wildman–Crippen LogP) is 20.4. The van der Waals surface area contributed by atoms with Crippen LogP contribution in [0.15, 0.2) is 60.8 Å². The second-order valence-electron chi connectivity index (χ2n) is 20.2.